The second kappa shape index (κ2) is 9.23. The highest BCUT2D eigenvalue weighted by atomic mass is 35.5. The normalized spacial score (nSPS) is 10.5. The molecule has 1 N–H and O–H groups in total. The van der Waals surface area contributed by atoms with Gasteiger partial charge in [0.15, 0.2) is 17.2 Å². The van der Waals surface area contributed by atoms with E-state index in [1.165, 1.54) is 0 Å². The Morgan fingerprint density at radius 2 is 1.86 bits per heavy atom. The van der Waals surface area contributed by atoms with Gasteiger partial charge in [-0.2, -0.15) is 10.3 Å². The van der Waals surface area contributed by atoms with Gasteiger partial charge in [0.2, 0.25) is 0 Å². The van der Waals surface area contributed by atoms with E-state index in [1.807, 2.05) is 31.2 Å². The quantitative estimate of drug-likeness (QED) is 0.567. The van der Waals surface area contributed by atoms with Crippen LogP contribution in [0.15, 0.2) is 42.5 Å². The van der Waals surface area contributed by atoms with Gasteiger partial charge in [-0.05, 0) is 38.1 Å². The summed E-state index contributed by atoms with van der Waals surface area (Å²) < 4.78 is 16.6. The Hall–Kier alpha value is -3.06. The van der Waals surface area contributed by atoms with Crippen molar-refractivity contribution in [1.29, 1.82) is 0 Å². The SMILES string of the molecule is CCOC(=O)c1n[nH]nc1-c1ccc(OCc2ccccc2Cl)c(OCC)c1. The van der Waals surface area contributed by atoms with Crippen molar-refractivity contribution in [3.05, 3.63) is 58.7 Å². The van der Waals surface area contributed by atoms with Crippen molar-refractivity contribution in [2.24, 2.45) is 0 Å². The molecule has 0 radical (unpaired) electrons. The van der Waals surface area contributed by atoms with Crippen molar-refractivity contribution < 1.29 is 19.0 Å². The maximum absolute atomic E-state index is 12.1. The molecule has 146 valence electrons. The molecule has 3 rings (SSSR count). The molecule has 0 bridgehead atoms. The minimum atomic E-state index is -0.539. The number of benzene rings is 2. The highest BCUT2D eigenvalue weighted by Crippen LogP contribution is 2.34. The van der Waals surface area contributed by atoms with E-state index >= 15 is 0 Å². The van der Waals surface area contributed by atoms with Crippen LogP contribution in [0.5, 0.6) is 11.5 Å². The molecular weight excluding hydrogens is 382 g/mol. The van der Waals surface area contributed by atoms with Gasteiger partial charge in [0, 0.05) is 16.1 Å². The molecular formula is C20H20ClN3O4. The molecule has 0 saturated heterocycles. The Morgan fingerprint density at radius 3 is 2.61 bits per heavy atom. The molecule has 0 fully saturated rings. The lowest BCUT2D eigenvalue weighted by Crippen LogP contribution is -2.07. The third kappa shape index (κ3) is 4.43. The number of carbonyl (C=O) groups excluding carboxylic acids is 1. The molecule has 0 aliphatic heterocycles. The predicted molar refractivity (Wildman–Crippen MR) is 105 cm³/mol. The van der Waals surface area contributed by atoms with Crippen LogP contribution in [-0.2, 0) is 11.3 Å². The molecule has 0 unspecified atom stereocenters. The topological polar surface area (TPSA) is 86.3 Å². The summed E-state index contributed by atoms with van der Waals surface area (Å²) in [5, 5.41) is 11.1. The second-order valence-electron chi connectivity index (χ2n) is 5.72. The number of hydrogen-bond acceptors (Lipinski definition) is 6. The number of esters is 1. The number of H-pyrrole nitrogens is 1. The Bertz CT molecular complexity index is 958. The summed E-state index contributed by atoms with van der Waals surface area (Å²) >= 11 is 6.18. The first kappa shape index (κ1) is 19.7. The predicted octanol–water partition coefficient (Wildman–Crippen LogP) is 4.28. The van der Waals surface area contributed by atoms with Gasteiger partial charge in [-0.3, -0.25) is 0 Å². The Morgan fingerprint density at radius 1 is 1.04 bits per heavy atom. The zero-order valence-electron chi connectivity index (χ0n) is 15.6. The van der Waals surface area contributed by atoms with Crippen molar-refractivity contribution in [2.75, 3.05) is 13.2 Å². The number of aromatic nitrogens is 3. The minimum Gasteiger partial charge on any atom is -0.490 e. The zero-order valence-corrected chi connectivity index (χ0v) is 16.3. The maximum atomic E-state index is 12.1. The first-order valence-corrected chi connectivity index (χ1v) is 9.23. The van der Waals surface area contributed by atoms with Gasteiger partial charge in [-0.15, -0.1) is 5.10 Å². The largest absolute Gasteiger partial charge is 0.490 e. The van der Waals surface area contributed by atoms with Crippen molar-refractivity contribution in [3.63, 3.8) is 0 Å². The molecule has 0 amide bonds. The van der Waals surface area contributed by atoms with Crippen LogP contribution in [0.3, 0.4) is 0 Å². The summed E-state index contributed by atoms with van der Waals surface area (Å²) in [6, 6.07) is 12.8. The van der Waals surface area contributed by atoms with Crippen molar-refractivity contribution in [3.8, 4) is 22.8 Å². The summed E-state index contributed by atoms with van der Waals surface area (Å²) in [6.45, 7) is 4.62. The average Bonchev–Trinajstić information content (AvgIpc) is 3.18. The van der Waals surface area contributed by atoms with E-state index in [1.54, 1.807) is 25.1 Å². The monoisotopic (exact) mass is 401 g/mol. The fourth-order valence-electron chi connectivity index (χ4n) is 2.59. The second-order valence-corrected chi connectivity index (χ2v) is 6.12. The molecule has 0 atom stereocenters. The molecule has 7 nitrogen and oxygen atoms in total. The number of ether oxygens (including phenoxy) is 3. The molecule has 0 saturated carbocycles. The molecule has 28 heavy (non-hydrogen) atoms. The van der Waals surface area contributed by atoms with E-state index in [0.717, 1.165) is 5.56 Å². The lowest BCUT2D eigenvalue weighted by molar-refractivity contribution is 0.0520. The smallest absolute Gasteiger partial charge is 0.361 e. The van der Waals surface area contributed by atoms with Crippen LogP contribution in [-0.4, -0.2) is 34.6 Å². The molecule has 8 heteroatoms. The van der Waals surface area contributed by atoms with Gasteiger partial charge in [0.05, 0.1) is 13.2 Å². The molecule has 1 heterocycles. The number of rotatable bonds is 8. The van der Waals surface area contributed by atoms with E-state index in [0.29, 0.717) is 41.0 Å². The Balaban J connectivity index is 1.86. The average molecular weight is 402 g/mol. The number of aromatic amines is 1. The third-order valence-electron chi connectivity index (χ3n) is 3.87. The molecule has 2 aromatic carbocycles. The van der Waals surface area contributed by atoms with Crippen LogP contribution < -0.4 is 9.47 Å². The van der Waals surface area contributed by atoms with E-state index in [2.05, 4.69) is 15.4 Å². The Labute approximate surface area is 167 Å². The molecule has 0 aliphatic rings. The number of nitrogens with zero attached hydrogens (tertiary/aromatic N) is 2. The maximum Gasteiger partial charge on any atom is 0.361 e. The van der Waals surface area contributed by atoms with Gasteiger partial charge >= 0.3 is 5.97 Å². The van der Waals surface area contributed by atoms with Gasteiger partial charge in [0.1, 0.15) is 12.3 Å². The van der Waals surface area contributed by atoms with E-state index in [9.17, 15) is 4.79 Å². The van der Waals surface area contributed by atoms with Crippen LogP contribution >= 0.6 is 11.6 Å². The summed E-state index contributed by atoms with van der Waals surface area (Å²) in [5.41, 5.74) is 2.04. The lowest BCUT2D eigenvalue weighted by atomic mass is 10.1. The van der Waals surface area contributed by atoms with Crippen LogP contribution in [0.4, 0.5) is 0 Å². The third-order valence-corrected chi connectivity index (χ3v) is 4.24. The molecule has 3 aromatic rings. The zero-order chi connectivity index (χ0) is 19.9. The Kier molecular flexibility index (Phi) is 6.49. The molecule has 0 aliphatic carbocycles. The number of carbonyl (C=O) groups is 1. The van der Waals surface area contributed by atoms with Crippen LogP contribution in [0, 0.1) is 0 Å². The van der Waals surface area contributed by atoms with Gasteiger partial charge < -0.3 is 14.2 Å². The van der Waals surface area contributed by atoms with Crippen LogP contribution in [0.1, 0.15) is 29.9 Å². The van der Waals surface area contributed by atoms with Crippen molar-refractivity contribution >= 4 is 17.6 Å². The number of halogens is 1. The van der Waals surface area contributed by atoms with Crippen molar-refractivity contribution in [2.45, 2.75) is 20.5 Å². The van der Waals surface area contributed by atoms with E-state index in [4.69, 9.17) is 25.8 Å². The van der Waals surface area contributed by atoms with Gasteiger partial charge in [-0.1, -0.05) is 29.8 Å². The fourth-order valence-corrected chi connectivity index (χ4v) is 2.78. The van der Waals surface area contributed by atoms with Crippen LogP contribution in [0.2, 0.25) is 5.02 Å². The van der Waals surface area contributed by atoms with Gasteiger partial charge in [0.25, 0.3) is 0 Å². The fraction of sp³-hybridized carbons (Fsp3) is 0.250. The first-order chi connectivity index (χ1) is 13.6. The highest BCUT2D eigenvalue weighted by molar-refractivity contribution is 6.31. The molecule has 1 aromatic heterocycles. The summed E-state index contributed by atoms with van der Waals surface area (Å²) in [5.74, 6) is 0.555. The molecule has 0 spiro atoms. The van der Waals surface area contributed by atoms with Crippen LogP contribution in [0.25, 0.3) is 11.3 Å². The summed E-state index contributed by atoms with van der Waals surface area (Å²) in [7, 11) is 0. The minimum absolute atomic E-state index is 0.119. The summed E-state index contributed by atoms with van der Waals surface area (Å²) in [6.07, 6.45) is 0. The standard InChI is InChI=1S/C20H20ClN3O4/c1-3-26-17-11-13(18-19(23-24-22-18)20(25)27-4-2)9-10-16(17)28-12-14-7-5-6-8-15(14)21/h5-11H,3-4,12H2,1-2H3,(H,22,23,24). The first-order valence-electron chi connectivity index (χ1n) is 8.85. The number of hydrogen-bond donors (Lipinski definition) is 1. The highest BCUT2D eigenvalue weighted by Gasteiger charge is 2.20. The van der Waals surface area contributed by atoms with E-state index in [-0.39, 0.29) is 12.3 Å². The lowest BCUT2D eigenvalue weighted by Gasteiger charge is -2.13. The van der Waals surface area contributed by atoms with Crippen molar-refractivity contribution in [1.82, 2.24) is 15.4 Å². The van der Waals surface area contributed by atoms with E-state index < -0.39 is 5.97 Å². The summed E-state index contributed by atoms with van der Waals surface area (Å²) in [4.78, 5) is 12.1. The van der Waals surface area contributed by atoms with Gasteiger partial charge in [-0.25, -0.2) is 4.79 Å². The number of nitrogens with one attached hydrogen (secondary N) is 1.